The van der Waals surface area contributed by atoms with Crippen molar-refractivity contribution in [1.29, 1.82) is 0 Å². The zero-order chi connectivity index (χ0) is 9.80. The van der Waals surface area contributed by atoms with E-state index in [4.69, 9.17) is 0 Å². The van der Waals surface area contributed by atoms with Gasteiger partial charge in [-0.25, -0.2) is 0 Å². The topological polar surface area (TPSA) is 12.0 Å². The van der Waals surface area contributed by atoms with Gasteiger partial charge in [0.15, 0.2) is 0 Å². The van der Waals surface area contributed by atoms with E-state index in [9.17, 15) is 0 Å². The van der Waals surface area contributed by atoms with Gasteiger partial charge in [-0.2, -0.15) is 0 Å². The van der Waals surface area contributed by atoms with E-state index in [1.54, 1.807) is 0 Å². The van der Waals surface area contributed by atoms with Crippen LogP contribution in [0.1, 0.15) is 30.9 Å². The third-order valence-electron chi connectivity index (χ3n) is 2.96. The summed E-state index contributed by atoms with van der Waals surface area (Å²) in [7, 11) is 0. The molecule has 1 aromatic carbocycles. The number of hydrogen-bond acceptors (Lipinski definition) is 1. The van der Waals surface area contributed by atoms with Crippen LogP contribution in [0.2, 0.25) is 0 Å². The zero-order valence-electron chi connectivity index (χ0n) is 8.84. The number of hydrogen-bond donors (Lipinski definition) is 1. The molecule has 0 unspecified atom stereocenters. The Kier molecular flexibility index (Phi) is 3.20. The Morgan fingerprint density at radius 1 is 1.50 bits per heavy atom. The summed E-state index contributed by atoms with van der Waals surface area (Å²) in [4.78, 5) is 0. The minimum Gasteiger partial charge on any atom is -0.314 e. The highest BCUT2D eigenvalue weighted by Gasteiger charge is 2.16. The van der Waals surface area contributed by atoms with Gasteiger partial charge >= 0.3 is 0 Å². The molecule has 0 heterocycles. The molecule has 0 saturated heterocycles. The highest BCUT2D eigenvalue weighted by atomic mass is 14.9. The number of benzene rings is 1. The summed E-state index contributed by atoms with van der Waals surface area (Å²) < 4.78 is 0. The summed E-state index contributed by atoms with van der Waals surface area (Å²) in [5, 5.41) is 3.60. The van der Waals surface area contributed by atoms with Crippen LogP contribution in [0.25, 0.3) is 0 Å². The molecule has 14 heavy (non-hydrogen) atoms. The third-order valence-corrected chi connectivity index (χ3v) is 2.96. The molecule has 0 aromatic heterocycles. The Morgan fingerprint density at radius 3 is 3.29 bits per heavy atom. The quantitative estimate of drug-likeness (QED) is 0.767. The SMILES string of the molecule is CCCN[C@H]1CCc2c[c]ccc2C1. The highest BCUT2D eigenvalue weighted by Crippen LogP contribution is 2.20. The van der Waals surface area contributed by atoms with Crippen LogP contribution in [0.5, 0.6) is 0 Å². The molecule has 1 aliphatic rings. The predicted octanol–water partition coefficient (Wildman–Crippen LogP) is 2.34. The minimum atomic E-state index is 0.699. The van der Waals surface area contributed by atoms with Crippen LogP contribution in [-0.2, 0) is 12.8 Å². The first-order valence-corrected chi connectivity index (χ1v) is 5.61. The zero-order valence-corrected chi connectivity index (χ0v) is 8.84. The Bertz CT molecular complexity index is 293. The smallest absolute Gasteiger partial charge is 0.0111 e. The second kappa shape index (κ2) is 4.61. The maximum absolute atomic E-state index is 3.60. The van der Waals surface area contributed by atoms with Crippen molar-refractivity contribution in [2.75, 3.05) is 6.54 Å². The summed E-state index contributed by atoms with van der Waals surface area (Å²) in [5.74, 6) is 0. The normalized spacial score (nSPS) is 20.5. The van der Waals surface area contributed by atoms with E-state index in [1.807, 2.05) is 6.07 Å². The van der Waals surface area contributed by atoms with Crippen LogP contribution in [0.15, 0.2) is 18.2 Å². The minimum absolute atomic E-state index is 0.699. The van der Waals surface area contributed by atoms with Gasteiger partial charge in [-0.3, -0.25) is 0 Å². The van der Waals surface area contributed by atoms with Crippen LogP contribution in [0.4, 0.5) is 0 Å². The van der Waals surface area contributed by atoms with E-state index < -0.39 is 0 Å². The molecule has 1 heteroatoms. The van der Waals surface area contributed by atoms with Gasteiger partial charge in [0.25, 0.3) is 0 Å². The van der Waals surface area contributed by atoms with Crippen LogP contribution in [0.3, 0.4) is 0 Å². The van der Waals surface area contributed by atoms with Gasteiger partial charge in [0.1, 0.15) is 0 Å². The average molecular weight is 188 g/mol. The van der Waals surface area contributed by atoms with Crippen molar-refractivity contribution in [3.8, 4) is 0 Å². The van der Waals surface area contributed by atoms with Gasteiger partial charge in [0, 0.05) is 6.04 Å². The van der Waals surface area contributed by atoms with Crippen LogP contribution < -0.4 is 5.32 Å². The molecule has 1 atom stereocenters. The molecule has 0 saturated carbocycles. The maximum Gasteiger partial charge on any atom is 0.0111 e. The lowest BCUT2D eigenvalue weighted by molar-refractivity contribution is 0.459. The molecule has 2 rings (SSSR count). The van der Waals surface area contributed by atoms with Crippen molar-refractivity contribution in [2.45, 2.75) is 38.6 Å². The maximum atomic E-state index is 3.60. The van der Waals surface area contributed by atoms with Crippen molar-refractivity contribution in [3.63, 3.8) is 0 Å². The number of nitrogens with one attached hydrogen (secondary N) is 1. The van der Waals surface area contributed by atoms with Crippen molar-refractivity contribution in [2.24, 2.45) is 0 Å². The Balaban J connectivity index is 1.99. The molecule has 0 bridgehead atoms. The van der Waals surface area contributed by atoms with Crippen molar-refractivity contribution < 1.29 is 0 Å². The standard InChI is InChI=1S/C13H18N/c1-2-9-14-13-8-7-11-5-3-4-6-12(11)10-13/h4-6,13-14H,2,7-10H2,1H3/t13-/m0/s1. The van der Waals surface area contributed by atoms with Crippen LogP contribution in [-0.4, -0.2) is 12.6 Å². The fourth-order valence-corrected chi connectivity index (χ4v) is 2.15. The number of rotatable bonds is 3. The van der Waals surface area contributed by atoms with Gasteiger partial charge in [0.05, 0.1) is 0 Å². The van der Waals surface area contributed by atoms with Gasteiger partial charge in [0.2, 0.25) is 0 Å². The van der Waals surface area contributed by atoms with Gasteiger partial charge < -0.3 is 5.32 Å². The third kappa shape index (κ3) is 2.16. The van der Waals surface area contributed by atoms with Crippen molar-refractivity contribution in [3.05, 3.63) is 35.4 Å². The van der Waals surface area contributed by atoms with Crippen LogP contribution in [0, 0.1) is 6.07 Å². The molecular formula is C13H18N. The van der Waals surface area contributed by atoms with E-state index >= 15 is 0 Å². The predicted molar refractivity (Wildman–Crippen MR) is 59.4 cm³/mol. The molecule has 0 amide bonds. The largest absolute Gasteiger partial charge is 0.314 e. The lowest BCUT2D eigenvalue weighted by Crippen LogP contribution is -2.34. The molecule has 1 aromatic rings. The summed E-state index contributed by atoms with van der Waals surface area (Å²) in [6, 6.07) is 10.2. The monoisotopic (exact) mass is 188 g/mol. The lowest BCUT2D eigenvalue weighted by Gasteiger charge is -2.25. The molecule has 0 spiro atoms. The first-order chi connectivity index (χ1) is 6.90. The molecule has 0 fully saturated rings. The summed E-state index contributed by atoms with van der Waals surface area (Å²) in [5.41, 5.74) is 3.02. The molecule has 75 valence electrons. The van der Waals surface area contributed by atoms with E-state index in [0.29, 0.717) is 6.04 Å². The summed E-state index contributed by atoms with van der Waals surface area (Å²) in [6.45, 7) is 3.37. The van der Waals surface area contributed by atoms with E-state index in [0.717, 1.165) is 6.54 Å². The van der Waals surface area contributed by atoms with Crippen molar-refractivity contribution >= 4 is 0 Å². The van der Waals surface area contributed by atoms with Crippen LogP contribution >= 0.6 is 0 Å². The fourth-order valence-electron chi connectivity index (χ4n) is 2.15. The molecule has 1 N–H and O–H groups in total. The molecular weight excluding hydrogens is 170 g/mol. The first-order valence-electron chi connectivity index (χ1n) is 5.61. The Hall–Kier alpha value is -0.820. The fraction of sp³-hybridized carbons (Fsp3) is 0.538. The second-order valence-corrected chi connectivity index (χ2v) is 4.09. The van der Waals surface area contributed by atoms with Gasteiger partial charge in [-0.1, -0.05) is 25.1 Å². The lowest BCUT2D eigenvalue weighted by atomic mass is 9.88. The van der Waals surface area contributed by atoms with Crippen molar-refractivity contribution in [1.82, 2.24) is 5.32 Å². The van der Waals surface area contributed by atoms with E-state index in [-0.39, 0.29) is 0 Å². The Labute approximate surface area is 86.5 Å². The number of fused-ring (bicyclic) bond motifs is 1. The molecule has 0 aliphatic heterocycles. The van der Waals surface area contributed by atoms with E-state index in [1.165, 1.54) is 36.8 Å². The second-order valence-electron chi connectivity index (χ2n) is 4.09. The summed E-state index contributed by atoms with van der Waals surface area (Å²) in [6.07, 6.45) is 4.93. The molecule has 1 nitrogen and oxygen atoms in total. The highest BCUT2D eigenvalue weighted by molar-refractivity contribution is 5.29. The van der Waals surface area contributed by atoms with Gasteiger partial charge in [-0.15, -0.1) is 0 Å². The first kappa shape index (κ1) is 9.72. The summed E-state index contributed by atoms with van der Waals surface area (Å²) >= 11 is 0. The Morgan fingerprint density at radius 2 is 2.43 bits per heavy atom. The average Bonchev–Trinajstić information content (AvgIpc) is 2.26. The number of aryl methyl sites for hydroxylation is 1. The molecule has 1 radical (unpaired) electrons. The van der Waals surface area contributed by atoms with E-state index in [2.05, 4.69) is 30.4 Å². The van der Waals surface area contributed by atoms with Gasteiger partial charge in [-0.05, 0) is 49.4 Å². The molecule has 1 aliphatic carbocycles.